The van der Waals surface area contributed by atoms with Crippen molar-refractivity contribution in [3.8, 4) is 0 Å². The van der Waals surface area contributed by atoms with Gasteiger partial charge in [0, 0.05) is 12.8 Å². The molecule has 0 radical (unpaired) electrons. The maximum atomic E-state index is 12.9. The lowest BCUT2D eigenvalue weighted by atomic mass is 10.0. The molecule has 0 saturated heterocycles. The third-order valence-electron chi connectivity index (χ3n) is 13.7. The zero-order chi connectivity index (χ0) is 54.8. The number of hydrogen-bond donors (Lipinski definition) is 1. The number of nitrogens with zero attached hydrogens (tertiary/aromatic N) is 1. The molecule has 75 heavy (non-hydrogen) atoms. The summed E-state index contributed by atoms with van der Waals surface area (Å²) in [6.07, 6.45) is 70.2. The number of quaternary nitrogens is 1. The van der Waals surface area contributed by atoms with Crippen LogP contribution in [0, 0.1) is 0 Å². The number of aliphatic carboxylic acids is 1. The lowest BCUT2D eigenvalue weighted by Gasteiger charge is -2.25. The predicted octanol–water partition coefficient (Wildman–Crippen LogP) is 18.8. The normalized spacial score (nSPS) is 13.1. The van der Waals surface area contributed by atoms with Crippen LogP contribution in [-0.2, 0) is 33.3 Å². The van der Waals surface area contributed by atoms with Gasteiger partial charge in [-0.1, -0.05) is 248 Å². The van der Waals surface area contributed by atoms with Crippen molar-refractivity contribution in [2.24, 2.45) is 0 Å². The van der Waals surface area contributed by atoms with Crippen LogP contribution < -0.4 is 0 Å². The van der Waals surface area contributed by atoms with Crippen molar-refractivity contribution in [2.45, 2.75) is 296 Å². The second-order valence-corrected chi connectivity index (χ2v) is 22.4. The first-order chi connectivity index (χ1) is 36.6. The Bertz CT molecular complexity index is 1410. The van der Waals surface area contributed by atoms with Crippen LogP contribution in [0.4, 0.5) is 0 Å². The molecule has 0 aromatic heterocycles. The second-order valence-electron chi connectivity index (χ2n) is 22.4. The maximum Gasteiger partial charge on any atom is 0.361 e. The minimum absolute atomic E-state index is 0.184. The number of likely N-dealkylation sites (N-methyl/N-ethyl adjacent to an activating group) is 1. The number of carboxylic acid groups (broad SMARTS) is 1. The number of carbonyl (C=O) groups is 3. The molecule has 2 atom stereocenters. The Morgan fingerprint density at radius 2 is 0.720 bits per heavy atom. The molecule has 0 aliphatic rings. The summed E-state index contributed by atoms with van der Waals surface area (Å²) in [6.45, 7) is 4.87. The van der Waals surface area contributed by atoms with E-state index in [9.17, 15) is 19.5 Å². The van der Waals surface area contributed by atoms with Gasteiger partial charge in [0.2, 0.25) is 0 Å². The van der Waals surface area contributed by atoms with Crippen LogP contribution >= 0.6 is 0 Å². The molecule has 2 unspecified atom stereocenters. The molecule has 1 N–H and O–H groups in total. The van der Waals surface area contributed by atoms with Crippen molar-refractivity contribution in [1.29, 1.82) is 0 Å². The first kappa shape index (κ1) is 72.0. The molecule has 0 rings (SSSR count). The van der Waals surface area contributed by atoms with Gasteiger partial charge in [-0.15, -0.1) is 0 Å². The lowest BCUT2D eigenvalue weighted by Crippen LogP contribution is -2.40. The average Bonchev–Trinajstić information content (AvgIpc) is 3.38. The third kappa shape index (κ3) is 58.5. The molecule has 0 fully saturated rings. The van der Waals surface area contributed by atoms with E-state index in [1.54, 1.807) is 0 Å². The van der Waals surface area contributed by atoms with E-state index in [0.717, 1.165) is 77.0 Å². The molecule has 9 nitrogen and oxygen atoms in total. The summed E-state index contributed by atoms with van der Waals surface area (Å²) >= 11 is 0. The standard InChI is InChI=1S/C66H119NO8/c1-6-8-10-12-14-16-18-20-22-24-26-28-29-30-31-32-33-34-35-37-38-40-42-44-46-48-50-52-54-56-63(68)73-60-62(61-74-66(65(70)71)72-59-58-67(3,4)5)75-64(69)57-55-53-51-49-47-45-43-41-39-36-27-25-23-21-19-17-15-13-11-9-7-2/h18-21,24-27,39,41,62,66H,6-17,22-23,28-38,40,42-61H2,1-5H3/p+1/b20-18-,21-19-,26-24-,27-25-,41-39-. The summed E-state index contributed by atoms with van der Waals surface area (Å²) in [6, 6.07) is 0. The fourth-order valence-electron chi connectivity index (χ4n) is 8.88. The van der Waals surface area contributed by atoms with E-state index in [2.05, 4.69) is 74.6 Å². The number of esters is 2. The maximum absolute atomic E-state index is 12.9. The Morgan fingerprint density at radius 3 is 1.07 bits per heavy atom. The zero-order valence-electron chi connectivity index (χ0n) is 49.7. The Morgan fingerprint density at radius 1 is 0.400 bits per heavy atom. The highest BCUT2D eigenvalue weighted by Gasteiger charge is 2.25. The van der Waals surface area contributed by atoms with Gasteiger partial charge < -0.3 is 28.5 Å². The van der Waals surface area contributed by atoms with Gasteiger partial charge in [-0.05, 0) is 83.5 Å². The molecular weight excluding hydrogens is 935 g/mol. The summed E-state index contributed by atoms with van der Waals surface area (Å²) < 4.78 is 22.9. The molecule has 0 aliphatic heterocycles. The molecule has 9 heteroatoms. The van der Waals surface area contributed by atoms with Crippen molar-refractivity contribution in [3.63, 3.8) is 0 Å². The van der Waals surface area contributed by atoms with Gasteiger partial charge in [0.15, 0.2) is 6.10 Å². The van der Waals surface area contributed by atoms with Crippen LogP contribution in [0.15, 0.2) is 60.8 Å². The van der Waals surface area contributed by atoms with Crippen LogP contribution in [0.1, 0.15) is 284 Å². The van der Waals surface area contributed by atoms with E-state index in [1.165, 1.54) is 173 Å². The average molecular weight is 1060 g/mol. The third-order valence-corrected chi connectivity index (χ3v) is 13.7. The van der Waals surface area contributed by atoms with Crippen molar-refractivity contribution in [1.82, 2.24) is 0 Å². The molecule has 0 aliphatic carbocycles. The molecule has 0 heterocycles. The number of carboxylic acids is 1. The van der Waals surface area contributed by atoms with E-state index in [4.69, 9.17) is 18.9 Å². The predicted molar refractivity (Wildman–Crippen MR) is 318 cm³/mol. The highest BCUT2D eigenvalue weighted by Crippen LogP contribution is 2.17. The van der Waals surface area contributed by atoms with Gasteiger partial charge in [0.25, 0.3) is 6.29 Å². The summed E-state index contributed by atoms with van der Waals surface area (Å²) in [7, 11) is 5.97. The van der Waals surface area contributed by atoms with Gasteiger partial charge >= 0.3 is 17.9 Å². The first-order valence-electron chi connectivity index (χ1n) is 31.5. The summed E-state index contributed by atoms with van der Waals surface area (Å²) in [5.41, 5.74) is 0. The number of ether oxygens (including phenoxy) is 4. The van der Waals surface area contributed by atoms with E-state index < -0.39 is 24.3 Å². The van der Waals surface area contributed by atoms with Crippen LogP contribution in [0.5, 0.6) is 0 Å². The molecule has 436 valence electrons. The molecule has 0 spiro atoms. The monoisotopic (exact) mass is 1050 g/mol. The van der Waals surface area contributed by atoms with Crippen LogP contribution in [0.2, 0.25) is 0 Å². The Balaban J connectivity index is 4.17. The Labute approximate surface area is 463 Å². The van der Waals surface area contributed by atoms with Crippen molar-refractivity contribution >= 4 is 17.9 Å². The zero-order valence-corrected chi connectivity index (χ0v) is 49.7. The highest BCUT2D eigenvalue weighted by atomic mass is 16.7. The minimum Gasteiger partial charge on any atom is -0.477 e. The first-order valence-corrected chi connectivity index (χ1v) is 31.5. The van der Waals surface area contributed by atoms with E-state index in [1.807, 2.05) is 21.1 Å². The number of allylic oxidation sites excluding steroid dienone is 10. The van der Waals surface area contributed by atoms with Gasteiger partial charge in [-0.2, -0.15) is 0 Å². The van der Waals surface area contributed by atoms with Crippen LogP contribution in [0.25, 0.3) is 0 Å². The molecule has 0 saturated carbocycles. The molecule has 0 aromatic carbocycles. The quantitative estimate of drug-likeness (QED) is 0.0211. The molecule has 0 bridgehead atoms. The molecular formula is C66H120NO8+. The van der Waals surface area contributed by atoms with E-state index in [-0.39, 0.29) is 32.2 Å². The van der Waals surface area contributed by atoms with Gasteiger partial charge in [0.1, 0.15) is 13.2 Å². The number of unbranched alkanes of at least 4 members (excludes halogenated alkanes) is 33. The molecule has 0 aromatic rings. The number of hydrogen-bond acceptors (Lipinski definition) is 7. The van der Waals surface area contributed by atoms with E-state index >= 15 is 0 Å². The highest BCUT2D eigenvalue weighted by molar-refractivity contribution is 5.71. The van der Waals surface area contributed by atoms with Gasteiger partial charge in [-0.3, -0.25) is 9.59 Å². The number of rotatable bonds is 58. The van der Waals surface area contributed by atoms with Crippen molar-refractivity contribution in [2.75, 3.05) is 47.5 Å². The minimum atomic E-state index is -1.52. The van der Waals surface area contributed by atoms with Crippen LogP contribution in [0.3, 0.4) is 0 Å². The van der Waals surface area contributed by atoms with Gasteiger partial charge in [-0.25, -0.2) is 4.79 Å². The Kier molecular flexibility index (Phi) is 54.9. The van der Waals surface area contributed by atoms with Crippen molar-refractivity contribution < 1.29 is 42.9 Å². The summed E-state index contributed by atoms with van der Waals surface area (Å²) in [5.74, 6) is -2.01. The van der Waals surface area contributed by atoms with Gasteiger partial charge in [0.05, 0.1) is 34.4 Å². The number of carbonyl (C=O) groups excluding carboxylic acids is 2. The van der Waals surface area contributed by atoms with Crippen molar-refractivity contribution in [3.05, 3.63) is 60.8 Å². The molecule has 0 amide bonds. The topological polar surface area (TPSA) is 108 Å². The van der Waals surface area contributed by atoms with E-state index in [0.29, 0.717) is 23.9 Å². The fraction of sp³-hybridized carbons (Fsp3) is 0.803. The Hall–Kier alpha value is -3.01. The fourth-order valence-corrected chi connectivity index (χ4v) is 8.88. The summed E-state index contributed by atoms with van der Waals surface area (Å²) in [5, 5.41) is 9.72. The lowest BCUT2D eigenvalue weighted by molar-refractivity contribution is -0.870. The smallest absolute Gasteiger partial charge is 0.361 e. The second kappa shape index (κ2) is 57.2. The summed E-state index contributed by atoms with van der Waals surface area (Å²) in [4.78, 5) is 37.5. The largest absolute Gasteiger partial charge is 0.477 e. The SMILES string of the molecule is CCCCCCC/C=C\C/C=C\C/C=C\CCCCCCCCC(=O)OC(COC(=O)CCCCCCCCCCCCCCCCCCC/C=C\C/C=C\CCCCCCC)COC(OCC[N+](C)(C)C)C(=O)O. The van der Waals surface area contributed by atoms with Crippen LogP contribution in [-0.4, -0.2) is 87.4 Å².